The van der Waals surface area contributed by atoms with Crippen LogP contribution in [0, 0.1) is 6.92 Å². The van der Waals surface area contributed by atoms with Crippen molar-refractivity contribution in [2.75, 3.05) is 13.1 Å². The Labute approximate surface area is 170 Å². The Hall–Kier alpha value is -1.34. The van der Waals surface area contributed by atoms with E-state index >= 15 is 0 Å². The molecule has 26 heavy (non-hydrogen) atoms. The molecule has 1 aliphatic rings. The summed E-state index contributed by atoms with van der Waals surface area (Å²) in [6, 6.07) is 8.19. The van der Waals surface area contributed by atoms with Gasteiger partial charge in [0.15, 0.2) is 0 Å². The van der Waals surface area contributed by atoms with Crippen LogP contribution in [0.5, 0.6) is 5.75 Å². The Morgan fingerprint density at radius 1 is 1.35 bits per heavy atom. The molecule has 1 aliphatic heterocycles. The highest BCUT2D eigenvalue weighted by atomic mass is 35.5. The van der Waals surface area contributed by atoms with Crippen molar-refractivity contribution < 1.29 is 9.53 Å². The molecule has 0 aliphatic carbocycles. The normalized spacial score (nSPS) is 16.1. The molecule has 1 fully saturated rings. The molecule has 5 nitrogen and oxygen atoms in total. The number of halogens is 2. The van der Waals surface area contributed by atoms with E-state index in [9.17, 15) is 4.79 Å². The van der Waals surface area contributed by atoms with Gasteiger partial charge < -0.3 is 15.4 Å². The maximum Gasteiger partial charge on any atom is 0.226 e. The number of aryl methyl sites for hydroxylation is 1. The van der Waals surface area contributed by atoms with Crippen molar-refractivity contribution in [2.45, 2.75) is 38.8 Å². The summed E-state index contributed by atoms with van der Waals surface area (Å²) in [5.74, 6) is 0.875. The van der Waals surface area contributed by atoms with Crippen molar-refractivity contribution in [3.8, 4) is 5.75 Å². The summed E-state index contributed by atoms with van der Waals surface area (Å²) in [4.78, 5) is 16.6. The topological polar surface area (TPSA) is 63.2 Å². The van der Waals surface area contributed by atoms with Crippen LogP contribution < -0.4 is 15.4 Å². The van der Waals surface area contributed by atoms with Gasteiger partial charge in [-0.2, -0.15) is 0 Å². The minimum absolute atomic E-state index is 0. The largest absolute Gasteiger partial charge is 0.486 e. The third-order valence-electron chi connectivity index (χ3n) is 3.99. The van der Waals surface area contributed by atoms with E-state index in [1.165, 1.54) is 16.9 Å². The van der Waals surface area contributed by atoms with E-state index in [4.69, 9.17) is 4.74 Å². The quantitative estimate of drug-likeness (QED) is 0.756. The second kappa shape index (κ2) is 11.4. The monoisotopic (exact) mass is 417 g/mol. The van der Waals surface area contributed by atoms with Gasteiger partial charge in [-0.3, -0.25) is 4.79 Å². The first-order chi connectivity index (χ1) is 11.7. The molecule has 1 saturated heterocycles. The lowest BCUT2D eigenvalue weighted by Gasteiger charge is -2.23. The van der Waals surface area contributed by atoms with Gasteiger partial charge >= 0.3 is 0 Å². The van der Waals surface area contributed by atoms with E-state index in [1.807, 2.05) is 36.6 Å². The zero-order valence-electron chi connectivity index (χ0n) is 14.7. The molecule has 2 aromatic rings. The first kappa shape index (κ1) is 22.7. The maximum atomic E-state index is 12.1. The number of carbonyl (C=O) groups is 1. The Balaban J connectivity index is 0.00000169. The number of thiazole rings is 1. The maximum absolute atomic E-state index is 12.1. The number of hydrogen-bond acceptors (Lipinski definition) is 5. The summed E-state index contributed by atoms with van der Waals surface area (Å²) in [7, 11) is 0. The van der Waals surface area contributed by atoms with Gasteiger partial charge in [0.05, 0.1) is 12.1 Å². The molecule has 0 radical (unpaired) electrons. The summed E-state index contributed by atoms with van der Waals surface area (Å²) in [6.45, 7) is 4.38. The number of benzene rings is 1. The summed E-state index contributed by atoms with van der Waals surface area (Å²) >= 11 is 1.53. The number of nitrogens with one attached hydrogen (secondary N) is 2. The molecule has 1 unspecified atom stereocenters. The van der Waals surface area contributed by atoms with Crippen LogP contribution in [-0.4, -0.2) is 30.0 Å². The van der Waals surface area contributed by atoms with Gasteiger partial charge in [-0.05, 0) is 38.4 Å². The highest BCUT2D eigenvalue weighted by Crippen LogP contribution is 2.16. The fourth-order valence-electron chi connectivity index (χ4n) is 2.69. The number of hydrogen-bond donors (Lipinski definition) is 2. The van der Waals surface area contributed by atoms with E-state index in [0.29, 0.717) is 13.0 Å². The highest BCUT2D eigenvalue weighted by Gasteiger charge is 2.16. The second-order valence-electron chi connectivity index (χ2n) is 6.12. The number of piperidine rings is 1. The predicted octanol–water partition coefficient (Wildman–Crippen LogP) is 3.28. The summed E-state index contributed by atoms with van der Waals surface area (Å²) in [6.07, 6.45) is 2.49. The number of aromatic nitrogens is 1. The van der Waals surface area contributed by atoms with E-state index in [1.54, 1.807) is 0 Å². The lowest BCUT2D eigenvalue weighted by Crippen LogP contribution is -2.46. The molecule has 0 bridgehead atoms. The predicted molar refractivity (Wildman–Crippen MR) is 110 cm³/mol. The fraction of sp³-hybridized carbons (Fsp3) is 0.444. The zero-order valence-corrected chi connectivity index (χ0v) is 17.1. The van der Waals surface area contributed by atoms with Crippen LogP contribution in [0.15, 0.2) is 29.6 Å². The Morgan fingerprint density at radius 2 is 2.12 bits per heavy atom. The first-order valence-corrected chi connectivity index (χ1v) is 9.20. The average Bonchev–Trinajstić information content (AvgIpc) is 3.02. The van der Waals surface area contributed by atoms with Crippen LogP contribution in [0.1, 0.15) is 29.1 Å². The Morgan fingerprint density at radius 3 is 2.81 bits per heavy atom. The molecule has 0 saturated carbocycles. The molecule has 2 N–H and O–H groups in total. The number of nitrogens with zero attached hydrogens (tertiary/aromatic N) is 1. The van der Waals surface area contributed by atoms with Crippen LogP contribution in [0.3, 0.4) is 0 Å². The molecular formula is C18H25Cl2N3O2S. The van der Waals surface area contributed by atoms with E-state index in [-0.39, 0.29) is 36.8 Å². The molecular weight excluding hydrogens is 393 g/mol. The summed E-state index contributed by atoms with van der Waals surface area (Å²) in [5.41, 5.74) is 2.02. The van der Waals surface area contributed by atoms with Crippen molar-refractivity contribution in [1.82, 2.24) is 15.6 Å². The number of amides is 1. The molecule has 144 valence electrons. The summed E-state index contributed by atoms with van der Waals surface area (Å²) < 4.78 is 5.73. The Kier molecular flexibility index (Phi) is 9.94. The van der Waals surface area contributed by atoms with Crippen molar-refractivity contribution in [1.29, 1.82) is 0 Å². The van der Waals surface area contributed by atoms with Crippen LogP contribution >= 0.6 is 36.2 Å². The molecule has 1 amide bonds. The second-order valence-corrected chi connectivity index (χ2v) is 7.06. The SMILES string of the molecule is Cc1ccc(OCc2nc(CC(=O)NC3CCCNC3)cs2)cc1.Cl.Cl. The van der Waals surface area contributed by atoms with Crippen molar-refractivity contribution in [3.63, 3.8) is 0 Å². The van der Waals surface area contributed by atoms with Gasteiger partial charge in [-0.1, -0.05) is 17.7 Å². The molecule has 1 aromatic heterocycles. The molecule has 0 spiro atoms. The van der Waals surface area contributed by atoms with Crippen LogP contribution in [0.25, 0.3) is 0 Å². The van der Waals surface area contributed by atoms with E-state index in [2.05, 4.69) is 15.6 Å². The highest BCUT2D eigenvalue weighted by molar-refractivity contribution is 7.09. The molecule has 1 aromatic carbocycles. The van der Waals surface area contributed by atoms with E-state index in [0.717, 1.165) is 42.4 Å². The molecule has 1 atom stereocenters. The minimum Gasteiger partial charge on any atom is -0.486 e. The van der Waals surface area contributed by atoms with Gasteiger partial charge in [0, 0.05) is 18.0 Å². The van der Waals surface area contributed by atoms with Gasteiger partial charge in [0.25, 0.3) is 0 Å². The van der Waals surface area contributed by atoms with Crippen molar-refractivity contribution in [3.05, 3.63) is 45.9 Å². The number of rotatable bonds is 6. The smallest absolute Gasteiger partial charge is 0.226 e. The molecule has 3 rings (SSSR count). The third kappa shape index (κ3) is 7.11. The lowest BCUT2D eigenvalue weighted by atomic mass is 10.1. The minimum atomic E-state index is 0. The van der Waals surface area contributed by atoms with Gasteiger partial charge in [-0.25, -0.2) is 4.98 Å². The lowest BCUT2D eigenvalue weighted by molar-refractivity contribution is -0.121. The zero-order chi connectivity index (χ0) is 16.8. The Bertz CT molecular complexity index is 673. The van der Waals surface area contributed by atoms with Crippen molar-refractivity contribution >= 4 is 42.1 Å². The van der Waals surface area contributed by atoms with Crippen LogP contribution in [0.2, 0.25) is 0 Å². The van der Waals surface area contributed by atoms with Crippen molar-refractivity contribution in [2.24, 2.45) is 0 Å². The van der Waals surface area contributed by atoms with Crippen LogP contribution in [-0.2, 0) is 17.8 Å². The van der Waals surface area contributed by atoms with Gasteiger partial charge in [-0.15, -0.1) is 36.2 Å². The first-order valence-electron chi connectivity index (χ1n) is 8.32. The summed E-state index contributed by atoms with van der Waals surface area (Å²) in [5, 5.41) is 9.19. The van der Waals surface area contributed by atoms with Gasteiger partial charge in [0.1, 0.15) is 17.4 Å². The molecule has 2 heterocycles. The molecule has 8 heteroatoms. The van der Waals surface area contributed by atoms with Crippen LogP contribution in [0.4, 0.5) is 0 Å². The standard InChI is InChI=1S/C18H23N3O2S.2ClH/c1-13-4-6-16(7-5-13)23-11-18-21-15(12-24-18)9-17(22)20-14-3-2-8-19-10-14;;/h4-7,12,14,19H,2-3,8-11H2,1H3,(H,20,22);2*1H. The number of carbonyl (C=O) groups excluding carboxylic acids is 1. The van der Waals surface area contributed by atoms with E-state index < -0.39 is 0 Å². The average molecular weight is 418 g/mol. The number of ether oxygens (including phenoxy) is 1. The van der Waals surface area contributed by atoms with Gasteiger partial charge in [0.2, 0.25) is 5.91 Å². The fourth-order valence-corrected chi connectivity index (χ4v) is 3.40. The third-order valence-corrected chi connectivity index (χ3v) is 4.86.